The third kappa shape index (κ3) is 3.22. The summed E-state index contributed by atoms with van der Waals surface area (Å²) in [4.78, 5) is 18.8. The number of piperidine rings is 1. The lowest BCUT2D eigenvalue weighted by atomic mass is 9.99. The van der Waals surface area contributed by atoms with Crippen molar-refractivity contribution in [2.75, 3.05) is 26.7 Å². The molecule has 1 aliphatic heterocycles. The normalized spacial score (nSPS) is 18.6. The number of aromatic nitrogens is 1. The van der Waals surface area contributed by atoms with E-state index < -0.39 is 0 Å². The number of carbonyl (C=O) groups is 1. The van der Waals surface area contributed by atoms with Crippen molar-refractivity contribution in [3.63, 3.8) is 0 Å². The highest BCUT2D eigenvalue weighted by Gasteiger charge is 2.19. The molecular weight excluding hydrogens is 262 g/mol. The van der Waals surface area contributed by atoms with Crippen LogP contribution in [0.15, 0.2) is 36.4 Å². The van der Waals surface area contributed by atoms with Gasteiger partial charge in [-0.15, -0.1) is 0 Å². The number of fused-ring (bicyclic) bond motifs is 1. The van der Waals surface area contributed by atoms with Crippen molar-refractivity contribution in [1.29, 1.82) is 0 Å². The highest BCUT2D eigenvalue weighted by molar-refractivity contribution is 5.94. The molecule has 1 amide bonds. The summed E-state index contributed by atoms with van der Waals surface area (Å²) in [5, 5.41) is 4.45. The number of hydrogen-bond acceptors (Lipinski definition) is 3. The van der Waals surface area contributed by atoms with E-state index in [0.717, 1.165) is 30.5 Å². The number of pyridine rings is 1. The molecule has 1 N–H and O–H groups in total. The van der Waals surface area contributed by atoms with Crippen LogP contribution in [0.2, 0.25) is 0 Å². The molecule has 1 saturated heterocycles. The lowest BCUT2D eigenvalue weighted by Crippen LogP contribution is -2.39. The fourth-order valence-corrected chi connectivity index (χ4v) is 2.93. The van der Waals surface area contributed by atoms with Crippen LogP contribution in [-0.4, -0.2) is 42.5 Å². The fourth-order valence-electron chi connectivity index (χ4n) is 2.93. The van der Waals surface area contributed by atoms with Gasteiger partial charge >= 0.3 is 0 Å². The summed E-state index contributed by atoms with van der Waals surface area (Å²) in [7, 11) is 1.87. The van der Waals surface area contributed by atoms with Crippen molar-refractivity contribution in [3.8, 4) is 0 Å². The van der Waals surface area contributed by atoms with E-state index >= 15 is 0 Å². The SMILES string of the molecule is CN(CC1CCCNC1)C(=O)c1ccc2ccccc2n1. The van der Waals surface area contributed by atoms with E-state index in [9.17, 15) is 4.79 Å². The molecule has 2 heterocycles. The molecule has 0 bridgehead atoms. The highest BCUT2D eigenvalue weighted by atomic mass is 16.2. The maximum absolute atomic E-state index is 12.5. The van der Waals surface area contributed by atoms with Crippen LogP contribution < -0.4 is 5.32 Å². The molecule has 2 aromatic rings. The molecule has 110 valence electrons. The molecule has 0 aliphatic carbocycles. The zero-order chi connectivity index (χ0) is 14.7. The van der Waals surface area contributed by atoms with Crippen LogP contribution in [-0.2, 0) is 0 Å². The van der Waals surface area contributed by atoms with Crippen LogP contribution in [0.1, 0.15) is 23.3 Å². The quantitative estimate of drug-likeness (QED) is 0.940. The van der Waals surface area contributed by atoms with Gasteiger partial charge in [0.2, 0.25) is 0 Å². The Morgan fingerprint density at radius 1 is 1.33 bits per heavy atom. The molecule has 0 saturated carbocycles. The van der Waals surface area contributed by atoms with Crippen LogP contribution >= 0.6 is 0 Å². The van der Waals surface area contributed by atoms with Gasteiger partial charge in [-0.2, -0.15) is 0 Å². The largest absolute Gasteiger partial charge is 0.340 e. The van der Waals surface area contributed by atoms with E-state index in [0.29, 0.717) is 11.6 Å². The number of para-hydroxylation sites is 1. The summed E-state index contributed by atoms with van der Waals surface area (Å²) in [6.45, 7) is 2.89. The van der Waals surface area contributed by atoms with Crippen molar-refractivity contribution in [2.24, 2.45) is 5.92 Å². The van der Waals surface area contributed by atoms with Crippen molar-refractivity contribution < 1.29 is 4.79 Å². The average molecular weight is 283 g/mol. The molecule has 1 aromatic heterocycles. The third-order valence-corrected chi connectivity index (χ3v) is 4.10. The van der Waals surface area contributed by atoms with Gasteiger partial charge in [-0.3, -0.25) is 4.79 Å². The minimum absolute atomic E-state index is 0.00586. The Labute approximate surface area is 125 Å². The maximum Gasteiger partial charge on any atom is 0.272 e. The number of amides is 1. The van der Waals surface area contributed by atoms with Crippen molar-refractivity contribution >= 4 is 16.8 Å². The van der Waals surface area contributed by atoms with Crippen LogP contribution in [0, 0.1) is 5.92 Å². The van der Waals surface area contributed by atoms with E-state index in [-0.39, 0.29) is 5.91 Å². The monoisotopic (exact) mass is 283 g/mol. The Morgan fingerprint density at radius 2 is 2.19 bits per heavy atom. The zero-order valence-corrected chi connectivity index (χ0v) is 12.4. The van der Waals surface area contributed by atoms with Crippen LogP contribution in [0.3, 0.4) is 0 Å². The van der Waals surface area contributed by atoms with E-state index in [1.807, 2.05) is 43.4 Å². The van der Waals surface area contributed by atoms with Crippen molar-refractivity contribution in [1.82, 2.24) is 15.2 Å². The molecule has 0 spiro atoms. The molecule has 21 heavy (non-hydrogen) atoms. The number of carbonyl (C=O) groups excluding carboxylic acids is 1. The van der Waals surface area contributed by atoms with E-state index in [1.54, 1.807) is 4.90 Å². The van der Waals surface area contributed by atoms with E-state index in [2.05, 4.69) is 10.3 Å². The first-order chi connectivity index (χ1) is 10.2. The highest BCUT2D eigenvalue weighted by Crippen LogP contribution is 2.15. The van der Waals surface area contributed by atoms with Gasteiger partial charge in [-0.05, 0) is 44.0 Å². The van der Waals surface area contributed by atoms with Crippen molar-refractivity contribution in [2.45, 2.75) is 12.8 Å². The standard InChI is InChI=1S/C17H21N3O/c1-20(12-13-5-4-10-18-11-13)17(21)16-9-8-14-6-2-3-7-15(14)19-16/h2-3,6-9,13,18H,4-5,10-12H2,1H3. The number of nitrogens with zero attached hydrogens (tertiary/aromatic N) is 2. The maximum atomic E-state index is 12.5. The van der Waals surface area contributed by atoms with E-state index in [1.165, 1.54) is 12.8 Å². The second kappa shape index (κ2) is 6.22. The van der Waals surface area contributed by atoms with E-state index in [4.69, 9.17) is 0 Å². The minimum Gasteiger partial charge on any atom is -0.340 e. The zero-order valence-electron chi connectivity index (χ0n) is 12.4. The van der Waals surface area contributed by atoms with Gasteiger partial charge in [0.05, 0.1) is 5.52 Å². The van der Waals surface area contributed by atoms with Gasteiger partial charge in [-0.25, -0.2) is 4.98 Å². The summed E-state index contributed by atoms with van der Waals surface area (Å²) >= 11 is 0. The molecule has 4 nitrogen and oxygen atoms in total. The van der Waals surface area contributed by atoms with Gasteiger partial charge < -0.3 is 10.2 Å². The van der Waals surface area contributed by atoms with Crippen LogP contribution in [0.4, 0.5) is 0 Å². The summed E-state index contributed by atoms with van der Waals surface area (Å²) in [6, 6.07) is 11.7. The Morgan fingerprint density at radius 3 is 3.00 bits per heavy atom. The Kier molecular flexibility index (Phi) is 4.15. The summed E-state index contributed by atoms with van der Waals surface area (Å²) in [6.07, 6.45) is 2.39. The smallest absolute Gasteiger partial charge is 0.272 e. The number of benzene rings is 1. The summed E-state index contributed by atoms with van der Waals surface area (Å²) in [5.41, 5.74) is 1.40. The lowest BCUT2D eigenvalue weighted by Gasteiger charge is -2.27. The number of hydrogen-bond donors (Lipinski definition) is 1. The Hall–Kier alpha value is -1.94. The molecule has 0 radical (unpaired) electrons. The second-order valence-electron chi connectivity index (χ2n) is 5.79. The first-order valence-corrected chi connectivity index (χ1v) is 7.56. The van der Waals surface area contributed by atoms with Gasteiger partial charge in [0.15, 0.2) is 0 Å². The van der Waals surface area contributed by atoms with Crippen LogP contribution in [0.25, 0.3) is 10.9 Å². The molecule has 1 atom stereocenters. The van der Waals surface area contributed by atoms with Crippen LogP contribution in [0.5, 0.6) is 0 Å². The number of rotatable bonds is 3. The first-order valence-electron chi connectivity index (χ1n) is 7.56. The molecular formula is C17H21N3O. The second-order valence-corrected chi connectivity index (χ2v) is 5.79. The Balaban J connectivity index is 1.72. The average Bonchev–Trinajstić information content (AvgIpc) is 2.54. The molecule has 1 aromatic carbocycles. The first kappa shape index (κ1) is 14.0. The lowest BCUT2D eigenvalue weighted by molar-refractivity contribution is 0.0759. The van der Waals surface area contributed by atoms with Crippen molar-refractivity contribution in [3.05, 3.63) is 42.1 Å². The molecule has 4 heteroatoms. The fraction of sp³-hybridized carbons (Fsp3) is 0.412. The molecule has 1 aliphatic rings. The summed E-state index contributed by atoms with van der Waals surface area (Å²) in [5.74, 6) is 0.555. The van der Waals surface area contributed by atoms with Gasteiger partial charge in [-0.1, -0.05) is 24.3 Å². The summed E-state index contributed by atoms with van der Waals surface area (Å²) < 4.78 is 0. The predicted molar refractivity (Wildman–Crippen MR) is 84.3 cm³/mol. The van der Waals surface area contributed by atoms with Gasteiger partial charge in [0.1, 0.15) is 5.69 Å². The molecule has 1 unspecified atom stereocenters. The molecule has 3 rings (SSSR count). The third-order valence-electron chi connectivity index (χ3n) is 4.10. The minimum atomic E-state index is 0.00586. The Bertz CT molecular complexity index is 635. The topological polar surface area (TPSA) is 45.2 Å². The van der Waals surface area contributed by atoms with Gasteiger partial charge in [0.25, 0.3) is 5.91 Å². The predicted octanol–water partition coefficient (Wildman–Crippen LogP) is 2.31. The number of nitrogens with one attached hydrogen (secondary N) is 1. The molecule has 1 fully saturated rings. The van der Waals surface area contributed by atoms with Gasteiger partial charge in [0, 0.05) is 19.0 Å².